The maximum atomic E-state index is 2.59. The van der Waals surface area contributed by atoms with Crippen LogP contribution in [0.2, 0.25) is 0 Å². The van der Waals surface area contributed by atoms with Crippen LogP contribution in [0.15, 0.2) is 109 Å². The summed E-state index contributed by atoms with van der Waals surface area (Å²) in [5.41, 5.74) is 10.9. The van der Waals surface area contributed by atoms with Crippen LogP contribution in [0.25, 0.3) is 54.4 Å². The van der Waals surface area contributed by atoms with Gasteiger partial charge >= 0.3 is 0 Å². The first-order chi connectivity index (χ1) is 17.9. The molecule has 0 fully saturated rings. The second kappa shape index (κ2) is 5.80. The third-order valence-electron chi connectivity index (χ3n) is 8.95. The first-order valence-corrected chi connectivity index (χ1v) is 12.8. The Morgan fingerprint density at radius 1 is 0.611 bits per heavy atom. The zero-order valence-electron chi connectivity index (χ0n) is 19.4. The van der Waals surface area contributed by atoms with Gasteiger partial charge in [-0.2, -0.15) is 0 Å². The van der Waals surface area contributed by atoms with Gasteiger partial charge in [-0.25, -0.2) is 0 Å². The van der Waals surface area contributed by atoms with E-state index in [2.05, 4.69) is 119 Å². The minimum atomic E-state index is 0.375. The standard InChI is InChI=1S/C34H20N2/c1-3-13-29-21(7-1)23-9-5-11-25-27-15-19-16-28-26-12-6-10-24-22-8-2-4-14-30(22)36(34(24)26)32(28)18-20(19)17-31(27)35(29)33(23)25/h1-18,23,33H. The molecule has 0 radical (unpaired) electrons. The van der Waals surface area contributed by atoms with Crippen molar-refractivity contribution in [1.82, 2.24) is 4.40 Å². The maximum absolute atomic E-state index is 2.59. The van der Waals surface area contributed by atoms with Crippen molar-refractivity contribution in [1.29, 1.82) is 0 Å². The summed E-state index contributed by atoms with van der Waals surface area (Å²) < 4.78 is 2.48. The first kappa shape index (κ1) is 17.8. The second-order valence-corrected chi connectivity index (χ2v) is 10.5. The highest BCUT2D eigenvalue weighted by Crippen LogP contribution is 2.58. The van der Waals surface area contributed by atoms with Gasteiger partial charge in [-0.15, -0.1) is 0 Å². The van der Waals surface area contributed by atoms with Crippen molar-refractivity contribution in [2.24, 2.45) is 0 Å². The molecule has 0 bridgehead atoms. The average molecular weight is 457 g/mol. The Morgan fingerprint density at radius 3 is 2.39 bits per heavy atom. The van der Waals surface area contributed by atoms with E-state index in [0.29, 0.717) is 12.0 Å². The van der Waals surface area contributed by atoms with E-state index in [-0.39, 0.29) is 0 Å². The van der Waals surface area contributed by atoms with Gasteiger partial charge in [0.2, 0.25) is 0 Å². The Labute approximate surface area is 207 Å². The minimum absolute atomic E-state index is 0.375. The molecule has 1 aliphatic carbocycles. The van der Waals surface area contributed by atoms with E-state index >= 15 is 0 Å². The molecule has 10 rings (SSSR count). The molecule has 0 spiro atoms. The van der Waals surface area contributed by atoms with E-state index in [1.165, 1.54) is 76.9 Å². The number of anilines is 2. The normalized spacial score (nSPS) is 19.7. The van der Waals surface area contributed by atoms with Crippen molar-refractivity contribution in [3.63, 3.8) is 0 Å². The number of rotatable bonds is 0. The molecule has 0 saturated carbocycles. The fourth-order valence-electron chi connectivity index (χ4n) is 7.56. The molecule has 2 aromatic heterocycles. The Hall–Kier alpha value is -4.56. The van der Waals surface area contributed by atoms with E-state index in [0.717, 1.165) is 0 Å². The van der Waals surface area contributed by atoms with Crippen molar-refractivity contribution in [3.8, 4) is 0 Å². The fraction of sp³-hybridized carbons (Fsp3) is 0.0588. The Balaban J connectivity index is 1.34. The second-order valence-electron chi connectivity index (χ2n) is 10.5. The van der Waals surface area contributed by atoms with Crippen LogP contribution in [0.1, 0.15) is 17.0 Å². The lowest BCUT2D eigenvalue weighted by molar-refractivity contribution is 0.781. The summed E-state index contributed by atoms with van der Waals surface area (Å²) in [5.74, 6) is 0.424. The van der Waals surface area contributed by atoms with Crippen molar-refractivity contribution in [2.75, 3.05) is 4.90 Å². The number of benzene rings is 5. The monoisotopic (exact) mass is 456 g/mol. The summed E-state index contributed by atoms with van der Waals surface area (Å²) in [6, 6.07) is 34.6. The van der Waals surface area contributed by atoms with Crippen molar-refractivity contribution in [2.45, 2.75) is 12.0 Å². The summed E-state index contributed by atoms with van der Waals surface area (Å²) in [6.07, 6.45) is 6.98. The number of aromatic nitrogens is 1. The van der Waals surface area contributed by atoms with Crippen LogP contribution in [-0.4, -0.2) is 10.4 Å². The van der Waals surface area contributed by atoms with Gasteiger partial charge in [0.15, 0.2) is 0 Å². The number of hydrogen-bond donors (Lipinski definition) is 0. The highest BCUT2D eigenvalue weighted by Gasteiger charge is 2.46. The molecule has 2 nitrogen and oxygen atoms in total. The van der Waals surface area contributed by atoms with Gasteiger partial charge in [0.05, 0.1) is 28.3 Å². The van der Waals surface area contributed by atoms with Gasteiger partial charge in [-0.3, -0.25) is 0 Å². The molecule has 4 heterocycles. The SMILES string of the molecule is C1=CC2c3ccccc3N3c4cc5cc6c(cc5cc4C(=C1)C23)c1cccc2c3ccccc3n6c21. The minimum Gasteiger partial charge on any atom is -0.332 e. The molecule has 2 heteroatoms. The summed E-state index contributed by atoms with van der Waals surface area (Å²) in [7, 11) is 0. The predicted octanol–water partition coefficient (Wildman–Crippen LogP) is 8.56. The smallest absolute Gasteiger partial charge is 0.0702 e. The van der Waals surface area contributed by atoms with Crippen LogP contribution in [-0.2, 0) is 0 Å². The molecule has 0 saturated heterocycles. The fourth-order valence-corrected chi connectivity index (χ4v) is 7.56. The summed E-state index contributed by atoms with van der Waals surface area (Å²) in [5, 5.41) is 7.98. The zero-order chi connectivity index (χ0) is 23.1. The summed E-state index contributed by atoms with van der Waals surface area (Å²) in [6.45, 7) is 0. The molecule has 3 aliphatic rings. The van der Waals surface area contributed by atoms with E-state index in [1.807, 2.05) is 0 Å². The van der Waals surface area contributed by atoms with Crippen molar-refractivity contribution >= 4 is 65.8 Å². The maximum Gasteiger partial charge on any atom is 0.0702 e. The molecular weight excluding hydrogens is 436 g/mol. The molecule has 0 N–H and O–H groups in total. The van der Waals surface area contributed by atoms with Gasteiger partial charge in [-0.1, -0.05) is 72.8 Å². The third-order valence-corrected chi connectivity index (χ3v) is 8.95. The molecule has 2 aliphatic heterocycles. The third kappa shape index (κ3) is 1.85. The van der Waals surface area contributed by atoms with Gasteiger partial charge < -0.3 is 9.30 Å². The zero-order valence-corrected chi connectivity index (χ0v) is 19.4. The van der Waals surface area contributed by atoms with Gasteiger partial charge in [0.1, 0.15) is 0 Å². The Bertz CT molecular complexity index is 2170. The van der Waals surface area contributed by atoms with E-state index in [1.54, 1.807) is 0 Å². The molecule has 5 aromatic carbocycles. The van der Waals surface area contributed by atoms with E-state index < -0.39 is 0 Å². The Kier molecular flexibility index (Phi) is 2.87. The van der Waals surface area contributed by atoms with Crippen molar-refractivity contribution < 1.29 is 0 Å². The van der Waals surface area contributed by atoms with Crippen LogP contribution in [0, 0.1) is 0 Å². The molecular formula is C34H20N2. The molecule has 0 amide bonds. The molecule has 2 unspecified atom stereocenters. The Morgan fingerprint density at radius 2 is 1.42 bits per heavy atom. The molecule has 36 heavy (non-hydrogen) atoms. The molecule has 2 atom stereocenters. The molecule has 166 valence electrons. The van der Waals surface area contributed by atoms with Gasteiger partial charge in [-0.05, 0) is 58.3 Å². The quantitative estimate of drug-likeness (QED) is 0.222. The predicted molar refractivity (Wildman–Crippen MR) is 151 cm³/mol. The lowest BCUT2D eigenvalue weighted by atomic mass is 9.85. The van der Waals surface area contributed by atoms with E-state index in [4.69, 9.17) is 0 Å². The number of allylic oxidation sites excluding steroid dienone is 2. The van der Waals surface area contributed by atoms with Crippen LogP contribution in [0.4, 0.5) is 11.4 Å². The number of hydrogen-bond acceptors (Lipinski definition) is 1. The highest BCUT2D eigenvalue weighted by atomic mass is 15.2. The first-order valence-electron chi connectivity index (χ1n) is 12.8. The van der Waals surface area contributed by atoms with E-state index in [9.17, 15) is 0 Å². The number of para-hydroxylation sites is 3. The van der Waals surface area contributed by atoms with Crippen LogP contribution in [0.5, 0.6) is 0 Å². The van der Waals surface area contributed by atoms with Gasteiger partial charge in [0, 0.05) is 38.7 Å². The topological polar surface area (TPSA) is 7.65 Å². The van der Waals surface area contributed by atoms with Crippen LogP contribution in [0.3, 0.4) is 0 Å². The van der Waals surface area contributed by atoms with Crippen LogP contribution >= 0.6 is 0 Å². The highest BCUT2D eigenvalue weighted by molar-refractivity contribution is 6.24. The van der Waals surface area contributed by atoms with Crippen LogP contribution < -0.4 is 4.90 Å². The molecule has 7 aromatic rings. The largest absolute Gasteiger partial charge is 0.332 e. The van der Waals surface area contributed by atoms with Crippen molar-refractivity contribution in [3.05, 3.63) is 120 Å². The summed E-state index contributed by atoms with van der Waals surface area (Å²) in [4.78, 5) is 2.59. The lowest BCUT2D eigenvalue weighted by Gasteiger charge is -2.24. The lowest BCUT2D eigenvalue weighted by Crippen LogP contribution is -2.25. The summed E-state index contributed by atoms with van der Waals surface area (Å²) >= 11 is 0. The number of fused-ring (bicyclic) bond motifs is 13. The number of nitrogens with zero attached hydrogens (tertiary/aromatic N) is 2. The van der Waals surface area contributed by atoms with Gasteiger partial charge in [0.25, 0.3) is 0 Å². The average Bonchev–Trinajstić information content (AvgIpc) is 3.64.